The van der Waals surface area contributed by atoms with Gasteiger partial charge in [-0.15, -0.1) is 0 Å². The van der Waals surface area contributed by atoms with Crippen molar-refractivity contribution in [1.29, 1.82) is 0 Å². The highest BCUT2D eigenvalue weighted by molar-refractivity contribution is 6.73. The first-order chi connectivity index (χ1) is 14.7. The molecule has 2 saturated heterocycles. The monoisotopic (exact) mass is 488 g/mol. The highest BCUT2D eigenvalue weighted by atomic mass is 35.5. The molecule has 2 aliphatic rings. The normalized spacial score (nSPS) is 25.4. The topological polar surface area (TPSA) is 24.5 Å². The summed E-state index contributed by atoms with van der Waals surface area (Å²) in [6.45, 7) is 11.9. The molecule has 2 fully saturated rings. The van der Waals surface area contributed by atoms with Gasteiger partial charge in [-0.2, -0.15) is 0 Å². The third kappa shape index (κ3) is 5.67. The number of fused-ring (bicyclic) bond motifs is 2. The Kier molecular flexibility index (Phi) is 8.90. The summed E-state index contributed by atoms with van der Waals surface area (Å²) in [4.78, 5) is 2.71. The van der Waals surface area contributed by atoms with E-state index >= 15 is 0 Å². The van der Waals surface area contributed by atoms with Crippen LogP contribution in [0.4, 0.5) is 4.39 Å². The molecule has 3 unspecified atom stereocenters. The van der Waals surface area contributed by atoms with Crippen LogP contribution in [0.25, 0.3) is 0 Å². The Balaban J connectivity index is 1.78. The van der Waals surface area contributed by atoms with Crippen LogP contribution in [-0.4, -0.2) is 43.9 Å². The first kappa shape index (κ1) is 25.4. The number of rotatable bonds is 10. The Labute approximate surface area is 199 Å². The maximum atomic E-state index is 13.9. The van der Waals surface area contributed by atoms with E-state index in [9.17, 15) is 4.39 Å². The second-order valence-corrected chi connectivity index (χ2v) is 15.2. The van der Waals surface area contributed by atoms with Crippen molar-refractivity contribution < 1.29 is 8.82 Å². The van der Waals surface area contributed by atoms with Crippen LogP contribution in [0, 0.1) is 5.82 Å². The zero-order valence-electron chi connectivity index (χ0n) is 19.7. The zero-order valence-corrected chi connectivity index (χ0v) is 22.2. The summed E-state index contributed by atoms with van der Waals surface area (Å²) < 4.78 is 20.7. The molecule has 31 heavy (non-hydrogen) atoms. The molecular formula is C24H39Cl2FN2OSi. The zero-order chi connectivity index (χ0) is 22.8. The van der Waals surface area contributed by atoms with Gasteiger partial charge in [0.25, 0.3) is 0 Å². The summed E-state index contributed by atoms with van der Waals surface area (Å²) in [7, 11) is -1.91. The summed E-state index contributed by atoms with van der Waals surface area (Å²) in [5.41, 5.74) is 0.729. The van der Waals surface area contributed by atoms with Gasteiger partial charge in [0.2, 0.25) is 0 Å². The van der Waals surface area contributed by atoms with E-state index in [2.05, 4.69) is 44.8 Å². The van der Waals surface area contributed by atoms with E-state index in [4.69, 9.17) is 27.6 Å². The molecule has 7 heteroatoms. The fraction of sp³-hybridized carbons (Fsp3) is 0.750. The minimum atomic E-state index is -1.91. The molecule has 2 aliphatic heterocycles. The Morgan fingerprint density at radius 1 is 1.06 bits per heavy atom. The lowest BCUT2D eigenvalue weighted by Gasteiger charge is -2.42. The Bertz CT molecular complexity index is 701. The van der Waals surface area contributed by atoms with E-state index in [1.54, 1.807) is 0 Å². The Morgan fingerprint density at radius 2 is 1.58 bits per heavy atom. The molecule has 1 N–H and O–H groups in total. The molecule has 0 spiro atoms. The summed E-state index contributed by atoms with van der Waals surface area (Å²) in [6, 6.07) is 8.26. The van der Waals surface area contributed by atoms with Crippen LogP contribution in [0.15, 0.2) is 12.1 Å². The number of benzene rings is 1. The Morgan fingerprint density at radius 3 is 2.03 bits per heavy atom. The molecule has 1 aromatic rings. The summed E-state index contributed by atoms with van der Waals surface area (Å²) in [6.07, 6.45) is 4.68. The molecular weight excluding hydrogens is 450 g/mol. The number of hydrogen-bond acceptors (Lipinski definition) is 3. The van der Waals surface area contributed by atoms with Crippen LogP contribution < -0.4 is 5.32 Å². The minimum Gasteiger partial charge on any atom is -0.409 e. The van der Waals surface area contributed by atoms with Crippen molar-refractivity contribution in [3.63, 3.8) is 0 Å². The highest BCUT2D eigenvalue weighted by Gasteiger charge is 2.42. The summed E-state index contributed by atoms with van der Waals surface area (Å²) >= 11 is 13.0. The van der Waals surface area contributed by atoms with Gasteiger partial charge in [-0.1, -0.05) is 44.0 Å². The van der Waals surface area contributed by atoms with Crippen LogP contribution in [-0.2, 0) is 4.43 Å². The predicted octanol–water partition coefficient (Wildman–Crippen LogP) is 7.19. The molecule has 1 aromatic carbocycles. The molecule has 2 heterocycles. The van der Waals surface area contributed by atoms with Crippen molar-refractivity contribution in [2.45, 2.75) is 109 Å². The van der Waals surface area contributed by atoms with Gasteiger partial charge < -0.3 is 9.74 Å². The quantitative estimate of drug-likeness (QED) is 0.352. The van der Waals surface area contributed by atoms with Crippen LogP contribution in [0.1, 0.15) is 72.0 Å². The molecule has 3 atom stereocenters. The average Bonchev–Trinajstić information content (AvgIpc) is 3.00. The molecule has 0 aliphatic carbocycles. The maximum absolute atomic E-state index is 13.9. The predicted molar refractivity (Wildman–Crippen MR) is 132 cm³/mol. The molecule has 3 nitrogen and oxygen atoms in total. The van der Waals surface area contributed by atoms with Gasteiger partial charge in [-0.25, -0.2) is 4.39 Å². The van der Waals surface area contributed by atoms with Crippen molar-refractivity contribution >= 4 is 31.5 Å². The van der Waals surface area contributed by atoms with Gasteiger partial charge in [0.1, 0.15) is 5.82 Å². The number of piperidine rings is 1. The third-order valence-electron chi connectivity index (χ3n) is 7.67. The standard InChI is InChI=1S/C24H39Cl2FN2OSi/c1-6-31(7-2,8-3)30-23(24-21(25)11-17(27)12-22(24)26)15-28-18-13-19-9-10-20(14-18)29(19)16(4)5/h11-12,16,18-20,23,28H,6-10,13-15H2,1-5H3. The Hall–Kier alpha value is -0.173. The largest absolute Gasteiger partial charge is 0.409 e. The second kappa shape index (κ2) is 10.8. The van der Waals surface area contributed by atoms with E-state index in [-0.39, 0.29) is 6.10 Å². The number of halogens is 3. The molecule has 176 valence electrons. The third-order valence-corrected chi connectivity index (χ3v) is 12.9. The number of nitrogens with zero attached hydrogens (tertiary/aromatic N) is 1. The lowest BCUT2D eigenvalue weighted by atomic mass is 9.95. The molecule has 0 radical (unpaired) electrons. The first-order valence-electron chi connectivity index (χ1n) is 12.1. The molecule has 0 saturated carbocycles. The lowest BCUT2D eigenvalue weighted by molar-refractivity contribution is 0.0798. The highest BCUT2D eigenvalue weighted by Crippen LogP contribution is 2.39. The minimum absolute atomic E-state index is 0.257. The van der Waals surface area contributed by atoms with Crippen molar-refractivity contribution in [2.75, 3.05) is 6.54 Å². The second-order valence-electron chi connectivity index (χ2n) is 9.64. The van der Waals surface area contributed by atoms with Crippen LogP contribution in [0.5, 0.6) is 0 Å². The molecule has 0 aromatic heterocycles. The van der Waals surface area contributed by atoms with Gasteiger partial charge in [0, 0.05) is 36.3 Å². The summed E-state index contributed by atoms with van der Waals surface area (Å²) in [5.74, 6) is -0.409. The molecule has 3 rings (SSSR count). The smallest absolute Gasteiger partial charge is 0.192 e. The van der Waals surface area contributed by atoms with Gasteiger partial charge in [-0.3, -0.25) is 4.90 Å². The van der Waals surface area contributed by atoms with E-state index in [1.807, 2.05) is 0 Å². The summed E-state index contributed by atoms with van der Waals surface area (Å²) in [5, 5.41) is 4.52. The maximum Gasteiger partial charge on any atom is 0.192 e. The first-order valence-corrected chi connectivity index (χ1v) is 15.3. The van der Waals surface area contributed by atoms with Crippen LogP contribution in [0.2, 0.25) is 28.2 Å². The number of nitrogens with one attached hydrogen (secondary N) is 1. The van der Waals surface area contributed by atoms with Crippen LogP contribution in [0.3, 0.4) is 0 Å². The van der Waals surface area contributed by atoms with Crippen molar-refractivity contribution in [2.24, 2.45) is 0 Å². The van der Waals surface area contributed by atoms with Gasteiger partial charge in [-0.05, 0) is 69.8 Å². The van der Waals surface area contributed by atoms with Gasteiger partial charge >= 0.3 is 0 Å². The van der Waals surface area contributed by atoms with Crippen molar-refractivity contribution in [3.8, 4) is 0 Å². The van der Waals surface area contributed by atoms with Crippen molar-refractivity contribution in [1.82, 2.24) is 10.2 Å². The van der Waals surface area contributed by atoms with E-state index in [0.717, 1.165) is 23.7 Å². The van der Waals surface area contributed by atoms with E-state index in [1.165, 1.54) is 37.8 Å². The molecule has 2 bridgehead atoms. The molecule has 0 amide bonds. The number of hydrogen-bond donors (Lipinski definition) is 1. The SMILES string of the molecule is CC[Si](CC)(CC)OC(CNC1CC2CCC(C1)N2C(C)C)c1c(Cl)cc(F)cc1Cl. The van der Waals surface area contributed by atoms with Crippen molar-refractivity contribution in [3.05, 3.63) is 33.6 Å². The van der Waals surface area contributed by atoms with Gasteiger partial charge in [0.15, 0.2) is 8.32 Å². The van der Waals surface area contributed by atoms with Gasteiger partial charge in [0.05, 0.1) is 16.1 Å². The average molecular weight is 490 g/mol. The fourth-order valence-corrected chi connectivity index (χ4v) is 9.37. The fourth-order valence-electron chi connectivity index (χ4n) is 5.86. The van der Waals surface area contributed by atoms with Crippen LogP contribution >= 0.6 is 23.2 Å². The van der Waals surface area contributed by atoms with E-state index < -0.39 is 14.1 Å². The van der Waals surface area contributed by atoms with E-state index in [0.29, 0.717) is 40.8 Å². The lowest BCUT2D eigenvalue weighted by Crippen LogP contribution is -2.52.